The highest BCUT2D eigenvalue weighted by molar-refractivity contribution is 14.1. The van der Waals surface area contributed by atoms with Gasteiger partial charge < -0.3 is 19.5 Å². The van der Waals surface area contributed by atoms with Crippen LogP contribution in [0, 0.1) is 2.88 Å². The van der Waals surface area contributed by atoms with E-state index in [-0.39, 0.29) is 12.3 Å². The molecule has 8 nitrogen and oxygen atoms in total. The fraction of sp³-hybridized carbons (Fsp3) is 0.409. The predicted octanol–water partition coefficient (Wildman–Crippen LogP) is 3.76. The van der Waals surface area contributed by atoms with Crippen molar-refractivity contribution in [1.29, 1.82) is 0 Å². The first kappa shape index (κ1) is 24.6. The van der Waals surface area contributed by atoms with E-state index < -0.39 is 12.1 Å². The number of aromatic nitrogens is 2. The smallest absolute Gasteiger partial charge is 0.345 e. The average Bonchev–Trinajstić information content (AvgIpc) is 3.10. The van der Waals surface area contributed by atoms with E-state index in [2.05, 4.69) is 65.3 Å². The third-order valence-corrected chi connectivity index (χ3v) is 9.41. The first-order valence-electron chi connectivity index (χ1n) is 10.5. The molecule has 0 spiro atoms. The fourth-order valence-corrected chi connectivity index (χ4v) is 6.00. The number of benzene rings is 1. The second kappa shape index (κ2) is 11.3. The van der Waals surface area contributed by atoms with Crippen LogP contribution in [0.15, 0.2) is 35.1 Å². The Kier molecular flexibility index (Phi) is 8.38. The minimum absolute atomic E-state index is 0.157. The lowest BCUT2D eigenvalue weighted by molar-refractivity contribution is -0.145. The Morgan fingerprint density at radius 3 is 2.79 bits per heavy atom. The second-order valence-corrected chi connectivity index (χ2v) is 11.4. The van der Waals surface area contributed by atoms with E-state index in [1.165, 1.54) is 17.7 Å². The lowest BCUT2D eigenvalue weighted by atomic mass is 10.1. The molecule has 0 radical (unpaired) electrons. The second-order valence-electron chi connectivity index (χ2n) is 7.80. The molecule has 0 unspecified atom stereocenters. The van der Waals surface area contributed by atoms with Gasteiger partial charge in [0, 0.05) is 39.1 Å². The molecule has 1 saturated heterocycles. The lowest BCUT2D eigenvalue weighted by Crippen LogP contribution is -2.45. The summed E-state index contributed by atoms with van der Waals surface area (Å²) in [6.45, 7) is 5.56. The first-order valence-corrected chi connectivity index (χ1v) is 13.2. The SMILES string of the molecule is CN1CCN(CCOc2ccccc2C[C@H](Oc2ncnc3sc(I)c(Br)c23)C(=O)O)CC1. The van der Waals surface area contributed by atoms with Crippen molar-refractivity contribution >= 4 is 66.0 Å². The number of piperazine rings is 1. The summed E-state index contributed by atoms with van der Waals surface area (Å²) in [4.78, 5) is 26.0. The van der Waals surface area contributed by atoms with Gasteiger partial charge >= 0.3 is 5.97 Å². The van der Waals surface area contributed by atoms with E-state index in [0.29, 0.717) is 17.7 Å². The normalized spacial score (nSPS) is 16.1. The predicted molar refractivity (Wildman–Crippen MR) is 139 cm³/mol. The van der Waals surface area contributed by atoms with E-state index in [0.717, 1.165) is 50.5 Å². The van der Waals surface area contributed by atoms with Crippen LogP contribution in [-0.4, -0.2) is 83.3 Å². The lowest BCUT2D eigenvalue weighted by Gasteiger charge is -2.32. The standard InChI is InChI=1S/C22H24BrIN4O4S/c1-27-6-8-28(9-7-27)10-11-31-15-5-3-2-4-14(15)12-16(22(29)30)32-20-17-18(23)19(24)33-21(17)26-13-25-20/h2-5,13,16H,6-12H2,1H3,(H,29,30)/t16-/m0/s1. The molecule has 176 valence electrons. The van der Waals surface area contributed by atoms with Crippen molar-refractivity contribution in [1.82, 2.24) is 19.8 Å². The van der Waals surface area contributed by atoms with Gasteiger partial charge in [0.05, 0.1) is 12.7 Å². The number of para-hydroxylation sites is 1. The third kappa shape index (κ3) is 6.13. The quantitative estimate of drug-likeness (QED) is 0.352. The van der Waals surface area contributed by atoms with Gasteiger partial charge in [0.1, 0.15) is 23.5 Å². The molecule has 3 aromatic rings. The summed E-state index contributed by atoms with van der Waals surface area (Å²) in [5.74, 6) is -0.123. The minimum Gasteiger partial charge on any atom is -0.492 e. The Hall–Kier alpha value is -1.54. The van der Waals surface area contributed by atoms with Crippen molar-refractivity contribution in [3.63, 3.8) is 0 Å². The Labute approximate surface area is 218 Å². The number of fused-ring (bicyclic) bond motifs is 1. The number of nitrogens with zero attached hydrogens (tertiary/aromatic N) is 4. The summed E-state index contributed by atoms with van der Waals surface area (Å²) in [7, 11) is 2.13. The van der Waals surface area contributed by atoms with Gasteiger partial charge in [-0.15, -0.1) is 11.3 Å². The number of rotatable bonds is 9. The Morgan fingerprint density at radius 1 is 1.27 bits per heavy atom. The average molecular weight is 647 g/mol. The zero-order chi connectivity index (χ0) is 23.4. The Balaban J connectivity index is 1.45. The van der Waals surface area contributed by atoms with Crippen LogP contribution in [-0.2, 0) is 11.2 Å². The van der Waals surface area contributed by atoms with Crippen LogP contribution in [0.3, 0.4) is 0 Å². The maximum Gasteiger partial charge on any atom is 0.345 e. The molecule has 4 rings (SSSR count). The fourth-order valence-electron chi connectivity index (χ4n) is 3.62. The molecule has 0 bridgehead atoms. The summed E-state index contributed by atoms with van der Waals surface area (Å²) in [5.41, 5.74) is 0.785. The highest BCUT2D eigenvalue weighted by atomic mass is 127. The van der Waals surface area contributed by atoms with Gasteiger partial charge in [0.15, 0.2) is 0 Å². The summed E-state index contributed by atoms with van der Waals surface area (Å²) in [6, 6.07) is 7.52. The molecule has 2 aromatic heterocycles. The maximum absolute atomic E-state index is 12.1. The zero-order valence-electron chi connectivity index (χ0n) is 18.0. The molecular weight excluding hydrogens is 623 g/mol. The summed E-state index contributed by atoms with van der Waals surface area (Å²) >= 11 is 7.23. The van der Waals surface area contributed by atoms with Crippen molar-refractivity contribution in [3.8, 4) is 11.6 Å². The number of ether oxygens (including phenoxy) is 2. The minimum atomic E-state index is -1.12. The number of hydrogen-bond donors (Lipinski definition) is 1. The van der Waals surface area contributed by atoms with Crippen LogP contribution in [0.5, 0.6) is 11.6 Å². The van der Waals surface area contributed by atoms with Crippen molar-refractivity contribution in [2.24, 2.45) is 0 Å². The van der Waals surface area contributed by atoms with Crippen molar-refractivity contribution < 1.29 is 19.4 Å². The highest BCUT2D eigenvalue weighted by Crippen LogP contribution is 2.39. The van der Waals surface area contributed by atoms with E-state index in [4.69, 9.17) is 9.47 Å². The molecule has 1 aliphatic heterocycles. The topological polar surface area (TPSA) is 88.0 Å². The third-order valence-electron chi connectivity index (χ3n) is 5.52. The molecule has 0 saturated carbocycles. The summed E-state index contributed by atoms with van der Waals surface area (Å²) in [6.07, 6.45) is 0.435. The van der Waals surface area contributed by atoms with Crippen LogP contribution in [0.1, 0.15) is 5.56 Å². The molecular formula is C22H24BrIN4O4S. The zero-order valence-corrected chi connectivity index (χ0v) is 22.6. The van der Waals surface area contributed by atoms with E-state index in [9.17, 15) is 9.90 Å². The molecule has 1 aromatic carbocycles. The molecule has 11 heteroatoms. The number of carboxylic acid groups (broad SMARTS) is 1. The number of thiophene rings is 1. The number of halogens is 2. The molecule has 3 heterocycles. The molecule has 1 fully saturated rings. The van der Waals surface area contributed by atoms with Crippen LogP contribution < -0.4 is 9.47 Å². The van der Waals surface area contributed by atoms with Crippen LogP contribution in [0.25, 0.3) is 10.2 Å². The summed E-state index contributed by atoms with van der Waals surface area (Å²) < 4.78 is 13.8. The van der Waals surface area contributed by atoms with Crippen LogP contribution >= 0.6 is 49.9 Å². The first-order chi connectivity index (χ1) is 15.9. The monoisotopic (exact) mass is 646 g/mol. The van der Waals surface area contributed by atoms with Gasteiger partial charge in [0.25, 0.3) is 0 Å². The van der Waals surface area contributed by atoms with Gasteiger partial charge in [-0.05, 0) is 57.2 Å². The van der Waals surface area contributed by atoms with Crippen LogP contribution in [0.4, 0.5) is 0 Å². The van der Waals surface area contributed by atoms with Gasteiger partial charge in [-0.25, -0.2) is 14.8 Å². The molecule has 33 heavy (non-hydrogen) atoms. The number of aliphatic carboxylic acids is 1. The Morgan fingerprint density at radius 2 is 2.03 bits per heavy atom. The van der Waals surface area contributed by atoms with Gasteiger partial charge in [-0.1, -0.05) is 18.2 Å². The van der Waals surface area contributed by atoms with E-state index >= 15 is 0 Å². The number of carbonyl (C=O) groups is 1. The van der Waals surface area contributed by atoms with Gasteiger partial charge in [-0.3, -0.25) is 4.90 Å². The molecule has 0 amide bonds. The number of likely N-dealkylation sites (N-methyl/N-ethyl adjacent to an activating group) is 1. The van der Waals surface area contributed by atoms with Crippen molar-refractivity contribution in [3.05, 3.63) is 43.5 Å². The van der Waals surface area contributed by atoms with Gasteiger partial charge in [-0.2, -0.15) is 0 Å². The molecule has 1 N–H and O–H groups in total. The molecule has 0 aliphatic carbocycles. The number of hydrogen-bond acceptors (Lipinski definition) is 8. The van der Waals surface area contributed by atoms with E-state index in [1.807, 2.05) is 24.3 Å². The van der Waals surface area contributed by atoms with Crippen LogP contribution in [0.2, 0.25) is 0 Å². The molecule has 1 atom stereocenters. The van der Waals surface area contributed by atoms with E-state index in [1.54, 1.807) is 0 Å². The maximum atomic E-state index is 12.1. The largest absolute Gasteiger partial charge is 0.492 e. The van der Waals surface area contributed by atoms with Crippen molar-refractivity contribution in [2.75, 3.05) is 46.4 Å². The molecule has 1 aliphatic rings. The highest BCUT2D eigenvalue weighted by Gasteiger charge is 2.25. The van der Waals surface area contributed by atoms with Crippen molar-refractivity contribution in [2.45, 2.75) is 12.5 Å². The number of carboxylic acids is 1. The Bertz CT molecular complexity index is 1120. The summed E-state index contributed by atoms with van der Waals surface area (Å²) in [5, 5.41) is 10.6. The van der Waals surface area contributed by atoms with Gasteiger partial charge in [0.2, 0.25) is 12.0 Å².